The number of allylic oxidation sites excluding steroid dienone is 2. The number of hydrogen-bond donors (Lipinski definition) is 6. The highest BCUT2D eigenvalue weighted by Crippen LogP contribution is 2.23. The van der Waals surface area contributed by atoms with Gasteiger partial charge < -0.3 is 40.3 Å². The molecule has 0 saturated carbocycles. The maximum absolute atomic E-state index is 13.0. The van der Waals surface area contributed by atoms with Gasteiger partial charge in [0.25, 0.3) is 0 Å². The number of aliphatic hydroxyl groups is 5. The Balaban J connectivity index is 2.07. The summed E-state index contributed by atoms with van der Waals surface area (Å²) in [6, 6.07) is -0.714. The molecule has 0 aliphatic carbocycles. The molecule has 392 valence electrons. The lowest BCUT2D eigenvalue weighted by molar-refractivity contribution is -0.302. The van der Waals surface area contributed by atoms with Crippen LogP contribution in [0.1, 0.15) is 290 Å². The van der Waals surface area contributed by atoms with Crippen LogP contribution in [-0.2, 0) is 14.3 Å². The Morgan fingerprint density at radius 2 is 0.848 bits per heavy atom. The first-order valence-electron chi connectivity index (χ1n) is 28.9. The standard InChI is InChI=1S/C57H111NO8/c1-3-5-7-9-11-13-15-16-17-18-19-20-21-22-23-24-25-26-27-28-29-30-31-32-33-34-35-37-39-41-43-45-47-53(61)58-50(49-65-57-56(64)55(63)54(62)52(48-59)66-57)51(60)46-44-42-40-38-36-14-12-10-8-6-4-2/h22-23,50-52,54-57,59-60,62-64H,3-21,24-49H2,1-2H3,(H,58,61)/b23-22-. The van der Waals surface area contributed by atoms with E-state index in [1.807, 2.05) is 0 Å². The van der Waals surface area contributed by atoms with E-state index in [0.29, 0.717) is 12.8 Å². The molecule has 1 amide bonds. The zero-order valence-corrected chi connectivity index (χ0v) is 43.5. The summed E-state index contributed by atoms with van der Waals surface area (Å²) in [7, 11) is 0. The van der Waals surface area contributed by atoms with Gasteiger partial charge in [0.15, 0.2) is 6.29 Å². The van der Waals surface area contributed by atoms with Crippen molar-refractivity contribution in [3.63, 3.8) is 0 Å². The monoisotopic (exact) mass is 938 g/mol. The first-order chi connectivity index (χ1) is 32.3. The van der Waals surface area contributed by atoms with Gasteiger partial charge in [0.2, 0.25) is 5.91 Å². The lowest BCUT2D eigenvalue weighted by Gasteiger charge is -2.40. The van der Waals surface area contributed by atoms with Crippen molar-refractivity contribution < 1.29 is 39.8 Å². The molecule has 0 aromatic heterocycles. The Hall–Kier alpha value is -1.07. The van der Waals surface area contributed by atoms with Crippen LogP contribution >= 0.6 is 0 Å². The van der Waals surface area contributed by atoms with Crippen molar-refractivity contribution in [2.24, 2.45) is 0 Å². The maximum atomic E-state index is 13.0. The summed E-state index contributed by atoms with van der Waals surface area (Å²) in [5.74, 6) is -0.140. The molecule has 1 saturated heterocycles. The van der Waals surface area contributed by atoms with Gasteiger partial charge in [-0.25, -0.2) is 0 Å². The number of carbonyl (C=O) groups excluding carboxylic acids is 1. The van der Waals surface area contributed by atoms with Crippen LogP contribution in [0.25, 0.3) is 0 Å². The largest absolute Gasteiger partial charge is 0.394 e. The van der Waals surface area contributed by atoms with E-state index in [1.165, 1.54) is 225 Å². The summed E-state index contributed by atoms with van der Waals surface area (Å²) in [5, 5.41) is 54.5. The van der Waals surface area contributed by atoms with Gasteiger partial charge in [-0.3, -0.25) is 4.79 Å². The van der Waals surface area contributed by atoms with Gasteiger partial charge in [-0.2, -0.15) is 0 Å². The minimum absolute atomic E-state index is 0.133. The summed E-state index contributed by atoms with van der Waals surface area (Å²) >= 11 is 0. The van der Waals surface area contributed by atoms with E-state index in [2.05, 4.69) is 31.3 Å². The van der Waals surface area contributed by atoms with Crippen molar-refractivity contribution in [1.29, 1.82) is 0 Å². The minimum Gasteiger partial charge on any atom is -0.394 e. The molecule has 66 heavy (non-hydrogen) atoms. The Labute approximate surface area is 407 Å². The zero-order valence-electron chi connectivity index (χ0n) is 43.5. The Bertz CT molecular complexity index is 1040. The Morgan fingerprint density at radius 3 is 1.23 bits per heavy atom. The molecule has 1 fully saturated rings. The summed E-state index contributed by atoms with van der Waals surface area (Å²) in [6.07, 6.45) is 51.2. The van der Waals surface area contributed by atoms with E-state index in [4.69, 9.17) is 9.47 Å². The van der Waals surface area contributed by atoms with Crippen molar-refractivity contribution in [2.45, 2.75) is 333 Å². The summed E-state index contributed by atoms with van der Waals surface area (Å²) in [4.78, 5) is 13.0. The third-order valence-electron chi connectivity index (χ3n) is 14.1. The van der Waals surface area contributed by atoms with Crippen LogP contribution in [0.2, 0.25) is 0 Å². The lowest BCUT2D eigenvalue weighted by atomic mass is 9.99. The topological polar surface area (TPSA) is 149 Å². The molecule has 7 atom stereocenters. The van der Waals surface area contributed by atoms with Crippen LogP contribution in [-0.4, -0.2) is 87.5 Å². The normalized spacial score (nSPS) is 19.8. The van der Waals surface area contributed by atoms with Crippen LogP contribution in [0.4, 0.5) is 0 Å². The quantitative estimate of drug-likeness (QED) is 0.0261. The van der Waals surface area contributed by atoms with Crippen LogP contribution in [0.15, 0.2) is 12.2 Å². The number of carbonyl (C=O) groups is 1. The molecule has 9 nitrogen and oxygen atoms in total. The van der Waals surface area contributed by atoms with Gasteiger partial charge >= 0.3 is 0 Å². The number of aliphatic hydroxyl groups excluding tert-OH is 5. The van der Waals surface area contributed by atoms with Gasteiger partial charge in [-0.15, -0.1) is 0 Å². The molecule has 0 spiro atoms. The zero-order chi connectivity index (χ0) is 48.0. The second-order valence-electron chi connectivity index (χ2n) is 20.4. The molecule has 1 heterocycles. The highest BCUT2D eigenvalue weighted by molar-refractivity contribution is 5.76. The highest BCUT2D eigenvalue weighted by Gasteiger charge is 2.44. The van der Waals surface area contributed by atoms with Crippen molar-refractivity contribution in [3.05, 3.63) is 12.2 Å². The highest BCUT2D eigenvalue weighted by atomic mass is 16.7. The van der Waals surface area contributed by atoms with Crippen molar-refractivity contribution in [2.75, 3.05) is 13.2 Å². The van der Waals surface area contributed by atoms with E-state index in [1.54, 1.807) is 0 Å². The van der Waals surface area contributed by atoms with Gasteiger partial charge in [0.05, 0.1) is 25.4 Å². The predicted molar refractivity (Wildman–Crippen MR) is 277 cm³/mol. The number of rotatable bonds is 50. The average Bonchev–Trinajstić information content (AvgIpc) is 3.32. The van der Waals surface area contributed by atoms with Crippen molar-refractivity contribution in [1.82, 2.24) is 5.32 Å². The first-order valence-corrected chi connectivity index (χ1v) is 28.9. The smallest absolute Gasteiger partial charge is 0.220 e. The van der Waals surface area contributed by atoms with Crippen LogP contribution in [0, 0.1) is 0 Å². The summed E-state index contributed by atoms with van der Waals surface area (Å²) in [5.41, 5.74) is 0. The number of amides is 1. The van der Waals surface area contributed by atoms with E-state index in [9.17, 15) is 30.3 Å². The van der Waals surface area contributed by atoms with Gasteiger partial charge in [-0.05, 0) is 38.5 Å². The molecule has 0 aromatic carbocycles. The molecule has 0 bridgehead atoms. The fourth-order valence-electron chi connectivity index (χ4n) is 9.51. The van der Waals surface area contributed by atoms with Gasteiger partial charge in [0.1, 0.15) is 24.4 Å². The molecule has 0 aromatic rings. The molecular weight excluding hydrogens is 827 g/mol. The molecule has 1 aliphatic heterocycles. The maximum Gasteiger partial charge on any atom is 0.220 e. The molecule has 9 heteroatoms. The van der Waals surface area contributed by atoms with E-state index < -0.39 is 49.5 Å². The second kappa shape index (κ2) is 47.6. The van der Waals surface area contributed by atoms with E-state index in [0.717, 1.165) is 38.5 Å². The van der Waals surface area contributed by atoms with Gasteiger partial charge in [0, 0.05) is 6.42 Å². The van der Waals surface area contributed by atoms with E-state index >= 15 is 0 Å². The minimum atomic E-state index is -1.55. The average molecular weight is 939 g/mol. The number of nitrogens with one attached hydrogen (secondary N) is 1. The number of ether oxygens (including phenoxy) is 2. The van der Waals surface area contributed by atoms with Crippen LogP contribution in [0.5, 0.6) is 0 Å². The summed E-state index contributed by atoms with van der Waals surface area (Å²) in [6.45, 7) is 3.85. The Morgan fingerprint density at radius 1 is 0.500 bits per heavy atom. The van der Waals surface area contributed by atoms with Crippen molar-refractivity contribution >= 4 is 5.91 Å². The summed E-state index contributed by atoms with van der Waals surface area (Å²) < 4.78 is 11.3. The molecule has 6 N–H and O–H groups in total. The third kappa shape index (κ3) is 36.9. The number of unbranched alkanes of at least 4 members (excludes halogenated alkanes) is 38. The number of hydrogen-bond acceptors (Lipinski definition) is 8. The first kappa shape index (κ1) is 62.9. The van der Waals surface area contributed by atoms with Crippen LogP contribution < -0.4 is 5.32 Å². The molecule has 0 radical (unpaired) electrons. The lowest BCUT2D eigenvalue weighted by Crippen LogP contribution is -2.60. The molecule has 7 unspecified atom stereocenters. The fourth-order valence-corrected chi connectivity index (χ4v) is 9.51. The third-order valence-corrected chi connectivity index (χ3v) is 14.1. The fraction of sp³-hybridized carbons (Fsp3) is 0.947. The van der Waals surface area contributed by atoms with Crippen molar-refractivity contribution in [3.8, 4) is 0 Å². The predicted octanol–water partition coefficient (Wildman–Crippen LogP) is 14.0. The van der Waals surface area contributed by atoms with Gasteiger partial charge in [-0.1, -0.05) is 257 Å². The SMILES string of the molecule is CCCCCCCCCCCCCC/C=C\CCCCCCCCCCCCCCCCCCC(=O)NC(COC1OC(CO)C(O)C(O)C1O)C(O)CCCCCCCCCCCCC. The molecule has 1 rings (SSSR count). The van der Waals surface area contributed by atoms with E-state index in [-0.39, 0.29) is 12.5 Å². The molecule has 1 aliphatic rings. The second-order valence-corrected chi connectivity index (χ2v) is 20.4. The molecular formula is C57H111NO8. The van der Waals surface area contributed by atoms with Crippen LogP contribution in [0.3, 0.4) is 0 Å². The Kier molecular flexibility index (Phi) is 45.4.